The van der Waals surface area contributed by atoms with Gasteiger partial charge in [0.15, 0.2) is 0 Å². The predicted molar refractivity (Wildman–Crippen MR) is 91.9 cm³/mol. The van der Waals surface area contributed by atoms with Gasteiger partial charge < -0.3 is 9.47 Å². The summed E-state index contributed by atoms with van der Waals surface area (Å²) >= 11 is 1.51. The fraction of sp³-hybridized carbons (Fsp3) is 0.588. The normalized spacial score (nSPS) is 18.4. The van der Waals surface area contributed by atoms with E-state index >= 15 is 0 Å². The minimum absolute atomic E-state index is 0.150. The van der Waals surface area contributed by atoms with Crippen LogP contribution in [0.1, 0.15) is 44.7 Å². The molecule has 1 atom stereocenters. The molecule has 3 heterocycles. The summed E-state index contributed by atoms with van der Waals surface area (Å²) in [5.74, 6) is 1.70. The van der Waals surface area contributed by atoms with Gasteiger partial charge in [-0.3, -0.25) is 4.79 Å². The van der Waals surface area contributed by atoms with Gasteiger partial charge in [0.25, 0.3) is 5.91 Å². The average Bonchev–Trinajstić information content (AvgIpc) is 3.02. The van der Waals surface area contributed by atoms with Gasteiger partial charge in [-0.1, -0.05) is 0 Å². The number of amides is 1. The van der Waals surface area contributed by atoms with Crippen molar-refractivity contribution in [1.82, 2.24) is 19.4 Å². The molecule has 1 amide bonds. The fourth-order valence-electron chi connectivity index (χ4n) is 3.39. The van der Waals surface area contributed by atoms with Gasteiger partial charge in [0, 0.05) is 31.5 Å². The number of nitrogens with zero attached hydrogens (tertiary/aromatic N) is 4. The molecule has 0 N–H and O–H groups in total. The van der Waals surface area contributed by atoms with Crippen molar-refractivity contribution in [2.24, 2.45) is 5.92 Å². The number of thiazole rings is 1. The van der Waals surface area contributed by atoms with Crippen LogP contribution in [0.5, 0.6) is 0 Å². The Kier molecular flexibility index (Phi) is 4.53. The molecule has 0 radical (unpaired) electrons. The third kappa shape index (κ3) is 3.32. The van der Waals surface area contributed by atoms with Crippen molar-refractivity contribution in [2.75, 3.05) is 13.1 Å². The smallest absolute Gasteiger partial charge is 0.265 e. The molecule has 0 saturated carbocycles. The van der Waals surface area contributed by atoms with Crippen LogP contribution in [0.2, 0.25) is 0 Å². The number of rotatable bonds is 3. The van der Waals surface area contributed by atoms with Crippen LogP contribution < -0.4 is 0 Å². The minimum Gasteiger partial charge on any atom is -0.338 e. The van der Waals surface area contributed by atoms with Crippen molar-refractivity contribution in [3.8, 4) is 0 Å². The predicted octanol–water partition coefficient (Wildman–Crippen LogP) is 3.13. The molecule has 5 nitrogen and oxygen atoms in total. The number of hydrogen-bond donors (Lipinski definition) is 0. The second-order valence-electron chi connectivity index (χ2n) is 6.46. The van der Waals surface area contributed by atoms with Gasteiger partial charge in [0.2, 0.25) is 0 Å². The van der Waals surface area contributed by atoms with Crippen LogP contribution in [0.25, 0.3) is 0 Å². The number of aryl methyl sites for hydroxylation is 4. The highest BCUT2D eigenvalue weighted by atomic mass is 32.1. The summed E-state index contributed by atoms with van der Waals surface area (Å²) in [4.78, 5) is 24.4. The number of aromatic nitrogens is 3. The Balaban J connectivity index is 1.71. The molecular weight excluding hydrogens is 308 g/mol. The van der Waals surface area contributed by atoms with Crippen molar-refractivity contribution < 1.29 is 4.79 Å². The lowest BCUT2D eigenvalue weighted by Crippen LogP contribution is -2.41. The fourth-order valence-corrected chi connectivity index (χ4v) is 4.28. The minimum atomic E-state index is 0.150. The number of carbonyl (C=O) groups excluding carboxylic acids is 1. The molecule has 0 bridgehead atoms. The maximum Gasteiger partial charge on any atom is 0.265 e. The number of piperidine rings is 1. The first-order chi connectivity index (χ1) is 11.0. The van der Waals surface area contributed by atoms with E-state index in [4.69, 9.17) is 0 Å². The summed E-state index contributed by atoms with van der Waals surface area (Å²) in [5.41, 5.74) is 2.06. The molecule has 1 saturated heterocycles. The van der Waals surface area contributed by atoms with Crippen LogP contribution in [-0.2, 0) is 6.54 Å². The van der Waals surface area contributed by atoms with Gasteiger partial charge in [-0.15, -0.1) is 11.3 Å². The molecule has 0 aromatic carbocycles. The van der Waals surface area contributed by atoms with Crippen molar-refractivity contribution in [2.45, 2.75) is 47.1 Å². The Morgan fingerprint density at radius 3 is 2.74 bits per heavy atom. The lowest BCUT2D eigenvalue weighted by molar-refractivity contribution is 0.0665. The van der Waals surface area contributed by atoms with E-state index in [0.717, 1.165) is 47.5 Å². The monoisotopic (exact) mass is 332 g/mol. The zero-order valence-corrected chi connectivity index (χ0v) is 15.1. The van der Waals surface area contributed by atoms with Gasteiger partial charge in [-0.05, 0) is 46.5 Å². The molecular formula is C17H24N4OS. The van der Waals surface area contributed by atoms with Gasteiger partial charge in [-0.2, -0.15) is 0 Å². The van der Waals surface area contributed by atoms with Crippen LogP contribution in [0.4, 0.5) is 0 Å². The molecule has 1 aliphatic rings. The van der Waals surface area contributed by atoms with E-state index < -0.39 is 0 Å². The zero-order chi connectivity index (χ0) is 16.6. The second kappa shape index (κ2) is 6.43. The maximum absolute atomic E-state index is 12.8. The third-order valence-electron chi connectivity index (χ3n) is 4.60. The summed E-state index contributed by atoms with van der Waals surface area (Å²) in [7, 11) is 0. The van der Waals surface area contributed by atoms with E-state index in [-0.39, 0.29) is 5.91 Å². The van der Waals surface area contributed by atoms with E-state index in [1.807, 2.05) is 31.9 Å². The highest BCUT2D eigenvalue weighted by molar-refractivity contribution is 7.13. The van der Waals surface area contributed by atoms with E-state index in [9.17, 15) is 4.79 Å². The largest absolute Gasteiger partial charge is 0.338 e. The molecule has 0 spiro atoms. The highest BCUT2D eigenvalue weighted by Gasteiger charge is 2.27. The SMILES string of the molecule is Cc1nc(C)c(C(=O)N2CCCC(Cn3c(C)cnc3C)C2)s1. The summed E-state index contributed by atoms with van der Waals surface area (Å²) in [6.45, 7) is 10.6. The molecule has 1 aliphatic heterocycles. The summed E-state index contributed by atoms with van der Waals surface area (Å²) in [6, 6.07) is 0. The summed E-state index contributed by atoms with van der Waals surface area (Å²) < 4.78 is 2.26. The Morgan fingerprint density at radius 2 is 2.13 bits per heavy atom. The molecule has 124 valence electrons. The van der Waals surface area contributed by atoms with Crippen LogP contribution in [0.15, 0.2) is 6.20 Å². The highest BCUT2D eigenvalue weighted by Crippen LogP contribution is 2.24. The van der Waals surface area contributed by atoms with Crippen molar-refractivity contribution in [1.29, 1.82) is 0 Å². The van der Waals surface area contributed by atoms with Gasteiger partial charge in [0.1, 0.15) is 10.7 Å². The van der Waals surface area contributed by atoms with Gasteiger partial charge in [-0.25, -0.2) is 9.97 Å². The van der Waals surface area contributed by atoms with E-state index in [1.54, 1.807) is 0 Å². The number of hydrogen-bond acceptors (Lipinski definition) is 4. The van der Waals surface area contributed by atoms with Crippen molar-refractivity contribution >= 4 is 17.2 Å². The molecule has 3 rings (SSSR count). The Bertz CT molecular complexity index is 699. The maximum atomic E-state index is 12.8. The number of carbonyl (C=O) groups is 1. The second-order valence-corrected chi connectivity index (χ2v) is 7.67. The molecule has 2 aromatic heterocycles. The van der Waals surface area contributed by atoms with Crippen LogP contribution in [0, 0.1) is 33.6 Å². The Hall–Kier alpha value is -1.69. The lowest BCUT2D eigenvalue weighted by Gasteiger charge is -2.33. The van der Waals surface area contributed by atoms with Crippen LogP contribution in [0.3, 0.4) is 0 Å². The van der Waals surface area contributed by atoms with E-state index in [2.05, 4.69) is 21.5 Å². The Morgan fingerprint density at radius 1 is 1.35 bits per heavy atom. The molecule has 1 unspecified atom stereocenters. The van der Waals surface area contributed by atoms with Crippen molar-refractivity contribution in [3.63, 3.8) is 0 Å². The topological polar surface area (TPSA) is 51.0 Å². The molecule has 2 aromatic rings. The number of imidazole rings is 1. The molecule has 1 fully saturated rings. The summed E-state index contributed by atoms with van der Waals surface area (Å²) in [6.07, 6.45) is 4.16. The first-order valence-corrected chi connectivity index (χ1v) is 8.99. The van der Waals surface area contributed by atoms with Crippen molar-refractivity contribution in [3.05, 3.63) is 33.3 Å². The third-order valence-corrected chi connectivity index (χ3v) is 5.66. The molecule has 6 heteroatoms. The van der Waals surface area contributed by atoms with Gasteiger partial charge >= 0.3 is 0 Å². The number of likely N-dealkylation sites (tertiary alicyclic amines) is 1. The standard InChI is InChI=1S/C17H24N4OS/c1-11-8-18-13(3)21(11)10-15-6-5-7-20(9-15)17(22)16-12(2)19-14(4)23-16/h8,15H,5-7,9-10H2,1-4H3. The first kappa shape index (κ1) is 16.2. The quantitative estimate of drug-likeness (QED) is 0.868. The molecule has 0 aliphatic carbocycles. The lowest BCUT2D eigenvalue weighted by atomic mass is 9.97. The van der Waals surface area contributed by atoms with E-state index in [1.165, 1.54) is 23.5 Å². The van der Waals surface area contributed by atoms with Gasteiger partial charge in [0.05, 0.1) is 10.7 Å². The summed E-state index contributed by atoms with van der Waals surface area (Å²) in [5, 5.41) is 0.962. The van der Waals surface area contributed by atoms with Crippen LogP contribution in [-0.4, -0.2) is 38.4 Å². The van der Waals surface area contributed by atoms with E-state index in [0.29, 0.717) is 5.92 Å². The van der Waals surface area contributed by atoms with Crippen LogP contribution >= 0.6 is 11.3 Å². The Labute approximate surface area is 141 Å². The first-order valence-electron chi connectivity index (χ1n) is 8.17. The molecule has 23 heavy (non-hydrogen) atoms. The zero-order valence-electron chi connectivity index (χ0n) is 14.3. The average molecular weight is 332 g/mol.